The lowest BCUT2D eigenvalue weighted by molar-refractivity contribution is 0.0627. The molecule has 0 amide bonds. The lowest BCUT2D eigenvalue weighted by atomic mass is 9.89. The first-order valence-corrected chi connectivity index (χ1v) is 7.55. The van der Waals surface area contributed by atoms with Crippen molar-refractivity contribution < 1.29 is 14.6 Å². The first-order valence-electron chi connectivity index (χ1n) is 7.17. The van der Waals surface area contributed by atoms with Gasteiger partial charge >= 0.3 is 0 Å². The van der Waals surface area contributed by atoms with Crippen molar-refractivity contribution in [2.24, 2.45) is 5.41 Å². The Balaban J connectivity index is 2.72. The van der Waals surface area contributed by atoms with Gasteiger partial charge in [-0.25, -0.2) is 0 Å². The molecule has 0 aliphatic carbocycles. The molecule has 0 radical (unpaired) electrons. The number of ether oxygens (including phenoxy) is 2. The summed E-state index contributed by atoms with van der Waals surface area (Å²) < 4.78 is 10.8. The average Bonchev–Trinajstić information content (AvgIpc) is 2.37. The van der Waals surface area contributed by atoms with Crippen LogP contribution in [0, 0.1) is 5.41 Å². The van der Waals surface area contributed by atoms with Gasteiger partial charge in [0.05, 0.1) is 24.8 Å². The summed E-state index contributed by atoms with van der Waals surface area (Å²) in [6.45, 7) is 9.63. The van der Waals surface area contributed by atoms with E-state index in [-0.39, 0.29) is 5.41 Å². The Labute approximate surface area is 132 Å². The smallest absolute Gasteiger partial charge is 0.179 e. The maximum atomic E-state index is 10.0. The molecule has 1 unspecified atom stereocenters. The van der Waals surface area contributed by atoms with Crippen molar-refractivity contribution in [2.75, 3.05) is 20.3 Å². The summed E-state index contributed by atoms with van der Waals surface area (Å²) in [5.74, 6) is 1.19. The highest BCUT2D eigenvalue weighted by atomic mass is 35.5. The van der Waals surface area contributed by atoms with Crippen molar-refractivity contribution in [3.63, 3.8) is 0 Å². The first-order chi connectivity index (χ1) is 9.79. The Morgan fingerprint density at radius 3 is 2.52 bits per heavy atom. The van der Waals surface area contributed by atoms with Crippen LogP contribution in [0.25, 0.3) is 0 Å². The van der Waals surface area contributed by atoms with Crippen LogP contribution < -0.4 is 14.8 Å². The molecule has 1 rings (SSSR count). The lowest BCUT2D eigenvalue weighted by Crippen LogP contribution is -2.36. The van der Waals surface area contributed by atoms with E-state index in [1.807, 2.05) is 39.8 Å². The summed E-state index contributed by atoms with van der Waals surface area (Å²) in [7, 11) is 1.57. The molecule has 0 spiro atoms. The van der Waals surface area contributed by atoms with E-state index in [0.29, 0.717) is 36.2 Å². The van der Waals surface area contributed by atoms with Gasteiger partial charge in [-0.2, -0.15) is 0 Å². The summed E-state index contributed by atoms with van der Waals surface area (Å²) in [5.41, 5.74) is 0.853. The molecule has 5 heteroatoms. The summed E-state index contributed by atoms with van der Waals surface area (Å²) >= 11 is 6.20. The Bertz CT molecular complexity index is 458. The van der Waals surface area contributed by atoms with Crippen molar-refractivity contribution >= 4 is 11.6 Å². The van der Waals surface area contributed by atoms with Gasteiger partial charge < -0.3 is 19.9 Å². The number of hydrogen-bond acceptors (Lipinski definition) is 4. The monoisotopic (exact) mass is 315 g/mol. The third-order valence-electron chi connectivity index (χ3n) is 3.24. The topological polar surface area (TPSA) is 50.7 Å². The molecule has 0 saturated heterocycles. The zero-order valence-electron chi connectivity index (χ0n) is 13.5. The van der Waals surface area contributed by atoms with Gasteiger partial charge in [-0.3, -0.25) is 0 Å². The molecule has 1 aromatic rings. The standard InChI is InChI=1S/C16H26ClNO3/c1-6-21-13-8-11(7-12(17)15(13)20-5)9-18-10-14(19)16(2,3)4/h7-8,14,18-19H,6,9-10H2,1-5H3. The zero-order valence-corrected chi connectivity index (χ0v) is 14.3. The molecule has 0 aliphatic rings. The fourth-order valence-corrected chi connectivity index (χ4v) is 2.15. The van der Waals surface area contributed by atoms with Crippen molar-refractivity contribution in [3.8, 4) is 11.5 Å². The molecule has 0 bridgehead atoms. The van der Waals surface area contributed by atoms with Gasteiger partial charge in [0.15, 0.2) is 11.5 Å². The van der Waals surface area contributed by atoms with Gasteiger partial charge in [-0.1, -0.05) is 32.4 Å². The van der Waals surface area contributed by atoms with E-state index in [1.165, 1.54) is 0 Å². The molecule has 0 aromatic heterocycles. The number of methoxy groups -OCH3 is 1. The van der Waals surface area contributed by atoms with Gasteiger partial charge in [0.25, 0.3) is 0 Å². The summed E-state index contributed by atoms with van der Waals surface area (Å²) in [5, 5.41) is 13.8. The molecule has 0 fully saturated rings. The average molecular weight is 316 g/mol. The van der Waals surface area contributed by atoms with Crippen LogP contribution in [0.3, 0.4) is 0 Å². The summed E-state index contributed by atoms with van der Waals surface area (Å²) in [6, 6.07) is 3.75. The van der Waals surface area contributed by atoms with Crippen LogP contribution in [0.4, 0.5) is 0 Å². The predicted octanol–water partition coefficient (Wildman–Crippen LogP) is 3.24. The van der Waals surface area contributed by atoms with Crippen LogP contribution in [0.15, 0.2) is 12.1 Å². The predicted molar refractivity (Wildman–Crippen MR) is 86.3 cm³/mol. The van der Waals surface area contributed by atoms with E-state index < -0.39 is 6.10 Å². The highest BCUT2D eigenvalue weighted by Crippen LogP contribution is 2.36. The first kappa shape index (κ1) is 18.1. The molecule has 4 nitrogen and oxygen atoms in total. The highest BCUT2D eigenvalue weighted by Gasteiger charge is 2.21. The number of hydrogen-bond donors (Lipinski definition) is 2. The number of halogens is 1. The third-order valence-corrected chi connectivity index (χ3v) is 3.52. The van der Waals surface area contributed by atoms with Gasteiger partial charge in [0.1, 0.15) is 0 Å². The molecule has 0 heterocycles. The Hall–Kier alpha value is -0.970. The van der Waals surface area contributed by atoms with Crippen molar-refractivity contribution in [1.82, 2.24) is 5.32 Å². The van der Waals surface area contributed by atoms with Gasteiger partial charge in [0, 0.05) is 13.1 Å². The number of aliphatic hydroxyl groups is 1. The summed E-state index contributed by atoms with van der Waals surface area (Å²) in [6.07, 6.45) is -0.405. The Morgan fingerprint density at radius 1 is 1.33 bits per heavy atom. The molecule has 21 heavy (non-hydrogen) atoms. The maximum Gasteiger partial charge on any atom is 0.179 e. The van der Waals surface area contributed by atoms with E-state index >= 15 is 0 Å². The third kappa shape index (κ3) is 5.38. The van der Waals surface area contributed by atoms with Gasteiger partial charge in [-0.15, -0.1) is 0 Å². The van der Waals surface area contributed by atoms with E-state index in [9.17, 15) is 5.11 Å². The molecule has 0 saturated carbocycles. The van der Waals surface area contributed by atoms with Crippen LogP contribution in [0.2, 0.25) is 5.02 Å². The fourth-order valence-electron chi connectivity index (χ4n) is 1.84. The normalized spacial score (nSPS) is 13.1. The SMILES string of the molecule is CCOc1cc(CNCC(O)C(C)(C)C)cc(Cl)c1OC. The minimum atomic E-state index is -0.405. The summed E-state index contributed by atoms with van der Waals surface area (Å²) in [4.78, 5) is 0. The van der Waals surface area contributed by atoms with Crippen molar-refractivity contribution in [3.05, 3.63) is 22.7 Å². The molecule has 1 aromatic carbocycles. The number of nitrogens with one attached hydrogen (secondary N) is 1. The minimum Gasteiger partial charge on any atom is -0.491 e. The lowest BCUT2D eigenvalue weighted by Gasteiger charge is -2.26. The second kappa shape index (κ2) is 7.87. The molecular formula is C16H26ClNO3. The van der Waals surface area contributed by atoms with Crippen LogP contribution >= 0.6 is 11.6 Å². The maximum absolute atomic E-state index is 10.0. The molecule has 2 N–H and O–H groups in total. The number of benzene rings is 1. The fraction of sp³-hybridized carbons (Fsp3) is 0.625. The van der Waals surface area contributed by atoms with Crippen LogP contribution in [0.5, 0.6) is 11.5 Å². The highest BCUT2D eigenvalue weighted by molar-refractivity contribution is 6.32. The van der Waals surface area contributed by atoms with E-state index in [4.69, 9.17) is 21.1 Å². The molecular weight excluding hydrogens is 290 g/mol. The quantitative estimate of drug-likeness (QED) is 0.811. The Morgan fingerprint density at radius 2 is 2.00 bits per heavy atom. The largest absolute Gasteiger partial charge is 0.491 e. The van der Waals surface area contributed by atoms with E-state index in [2.05, 4.69) is 5.32 Å². The zero-order chi connectivity index (χ0) is 16.0. The Kier molecular flexibility index (Phi) is 6.78. The van der Waals surface area contributed by atoms with Gasteiger partial charge in [0.2, 0.25) is 0 Å². The molecule has 120 valence electrons. The van der Waals surface area contributed by atoms with Crippen molar-refractivity contribution in [2.45, 2.75) is 40.3 Å². The number of rotatable bonds is 7. The van der Waals surface area contributed by atoms with Crippen LogP contribution in [0.1, 0.15) is 33.3 Å². The van der Waals surface area contributed by atoms with Gasteiger partial charge in [-0.05, 0) is 30.0 Å². The van der Waals surface area contributed by atoms with Crippen molar-refractivity contribution in [1.29, 1.82) is 0 Å². The van der Waals surface area contributed by atoms with Crippen LogP contribution in [-0.4, -0.2) is 31.5 Å². The number of aliphatic hydroxyl groups excluding tert-OH is 1. The minimum absolute atomic E-state index is 0.138. The van der Waals surface area contributed by atoms with E-state index in [1.54, 1.807) is 7.11 Å². The van der Waals surface area contributed by atoms with Crippen LogP contribution in [-0.2, 0) is 6.54 Å². The molecule has 1 atom stereocenters. The van der Waals surface area contributed by atoms with E-state index in [0.717, 1.165) is 5.56 Å². The second-order valence-corrected chi connectivity index (χ2v) is 6.46. The second-order valence-electron chi connectivity index (χ2n) is 6.05. The molecule has 0 aliphatic heterocycles.